The van der Waals surface area contributed by atoms with E-state index >= 15 is 0 Å². The molecule has 2 atom stereocenters. The van der Waals surface area contributed by atoms with Crippen molar-refractivity contribution in [2.24, 2.45) is 0 Å². The third-order valence-electron chi connectivity index (χ3n) is 4.46. The lowest BCUT2D eigenvalue weighted by molar-refractivity contribution is -0.124. The molecule has 1 aliphatic heterocycles. The highest BCUT2D eigenvalue weighted by molar-refractivity contribution is 14.1. The first kappa shape index (κ1) is 19.4. The van der Waals surface area contributed by atoms with E-state index in [0.29, 0.717) is 19.6 Å². The van der Waals surface area contributed by atoms with Crippen LogP contribution in [0.15, 0.2) is 54.6 Å². The van der Waals surface area contributed by atoms with Crippen LogP contribution in [0, 0.1) is 6.92 Å². The second kappa shape index (κ2) is 9.51. The van der Waals surface area contributed by atoms with Gasteiger partial charge in [0.05, 0.1) is 6.61 Å². The highest BCUT2D eigenvalue weighted by Crippen LogP contribution is 2.32. The molecule has 130 valence electrons. The number of nitrogens with one attached hydrogen (secondary N) is 1. The van der Waals surface area contributed by atoms with E-state index in [2.05, 4.69) is 47.0 Å². The lowest BCUT2D eigenvalue weighted by Crippen LogP contribution is -2.52. The Morgan fingerprint density at radius 1 is 1.12 bits per heavy atom. The Labute approximate surface area is 158 Å². The van der Waals surface area contributed by atoms with Crippen molar-refractivity contribution in [2.75, 3.05) is 24.6 Å². The van der Waals surface area contributed by atoms with Crippen LogP contribution in [0.3, 0.4) is 0 Å². The van der Waals surface area contributed by atoms with Gasteiger partial charge in [0.1, 0.15) is 11.7 Å². The monoisotopic (exact) mass is 439 g/mol. The largest absolute Gasteiger partial charge is 0.382 e. The minimum Gasteiger partial charge on any atom is -0.382 e. The number of hydrogen-bond donors (Lipinski definition) is 2. The molecule has 0 amide bonds. The average molecular weight is 439 g/mol. The lowest BCUT2D eigenvalue weighted by Gasteiger charge is -2.39. The second-order valence-corrected chi connectivity index (χ2v) is 5.96. The zero-order chi connectivity index (χ0) is 17.4. The summed E-state index contributed by atoms with van der Waals surface area (Å²) in [6.07, 6.45) is 0.305. The highest BCUT2D eigenvalue weighted by Gasteiger charge is 2.40. The van der Waals surface area contributed by atoms with Crippen LogP contribution in [0.5, 0.6) is 0 Å². The second-order valence-electron chi connectivity index (χ2n) is 5.96. The molecule has 4 heteroatoms. The summed E-state index contributed by atoms with van der Waals surface area (Å²) in [7, 11) is 0. The molecule has 1 aliphatic rings. The lowest BCUT2D eigenvalue weighted by atomic mass is 9.81. The van der Waals surface area contributed by atoms with Crippen LogP contribution in [0.4, 0.5) is 0 Å². The molecule has 1 heterocycles. The minimum absolute atomic E-state index is 0.247. The Bertz CT molecular complexity index is 614. The molecular weight excluding hydrogens is 413 g/mol. The van der Waals surface area contributed by atoms with E-state index in [1.54, 1.807) is 0 Å². The van der Waals surface area contributed by atoms with Gasteiger partial charge < -0.3 is 15.2 Å². The van der Waals surface area contributed by atoms with Crippen molar-refractivity contribution in [3.8, 4) is 0 Å². The molecule has 24 heavy (non-hydrogen) atoms. The molecule has 0 unspecified atom stereocenters. The van der Waals surface area contributed by atoms with Gasteiger partial charge in [-0.3, -0.25) is 0 Å². The molecule has 0 aromatic heterocycles. The number of benzene rings is 2. The number of ether oxygens (including phenoxy) is 1. The maximum absolute atomic E-state index is 11.5. The van der Waals surface area contributed by atoms with Gasteiger partial charge in [0.15, 0.2) is 0 Å². The van der Waals surface area contributed by atoms with Gasteiger partial charge in [-0.15, -0.1) is 0 Å². The van der Waals surface area contributed by atoms with E-state index in [1.165, 1.54) is 5.56 Å². The standard InChI is InChI=1S/C19H23NO2.CH3I/c1-15-7-5-6-8-16(15)13-19(21,17-9-3-2-4-10-17)18-14-20-11-12-22-18;1-2/h2-10,18,20-21H,11-14H2,1H3;1H3/t18-,19-;/m1./s1. The molecule has 0 radical (unpaired) electrons. The van der Waals surface area contributed by atoms with Crippen LogP contribution in [0.2, 0.25) is 0 Å². The number of aliphatic hydroxyl groups is 1. The van der Waals surface area contributed by atoms with Gasteiger partial charge in [-0.25, -0.2) is 0 Å². The first-order valence-corrected chi connectivity index (χ1v) is 10.4. The Morgan fingerprint density at radius 3 is 2.42 bits per heavy atom. The summed E-state index contributed by atoms with van der Waals surface area (Å²) < 4.78 is 5.90. The molecular formula is C20H26INO2. The van der Waals surface area contributed by atoms with Crippen molar-refractivity contribution >= 4 is 22.6 Å². The molecule has 3 rings (SSSR count). The number of rotatable bonds is 4. The molecule has 0 aliphatic carbocycles. The van der Waals surface area contributed by atoms with Crippen molar-refractivity contribution in [2.45, 2.75) is 25.0 Å². The summed E-state index contributed by atoms with van der Waals surface area (Å²) >= 11 is 2.15. The molecule has 2 N–H and O–H groups in total. The van der Waals surface area contributed by atoms with Gasteiger partial charge in [0.25, 0.3) is 0 Å². The number of halogens is 1. The van der Waals surface area contributed by atoms with Crippen LogP contribution in [0.1, 0.15) is 16.7 Å². The highest BCUT2D eigenvalue weighted by atomic mass is 127. The van der Waals surface area contributed by atoms with E-state index < -0.39 is 5.60 Å². The van der Waals surface area contributed by atoms with E-state index in [-0.39, 0.29) is 6.10 Å². The van der Waals surface area contributed by atoms with Gasteiger partial charge in [-0.1, -0.05) is 77.2 Å². The molecule has 2 aromatic rings. The van der Waals surface area contributed by atoms with Gasteiger partial charge in [-0.05, 0) is 28.5 Å². The third-order valence-corrected chi connectivity index (χ3v) is 4.46. The Morgan fingerprint density at radius 2 is 1.79 bits per heavy atom. The van der Waals surface area contributed by atoms with Crippen LogP contribution >= 0.6 is 22.6 Å². The summed E-state index contributed by atoms with van der Waals surface area (Å²) in [5.74, 6) is 0. The summed E-state index contributed by atoms with van der Waals surface area (Å²) in [5, 5.41) is 14.8. The Balaban J connectivity index is 0.00000100. The van der Waals surface area contributed by atoms with Crippen molar-refractivity contribution in [1.29, 1.82) is 0 Å². The van der Waals surface area contributed by atoms with Gasteiger partial charge in [-0.2, -0.15) is 0 Å². The van der Waals surface area contributed by atoms with Crippen LogP contribution < -0.4 is 5.32 Å². The topological polar surface area (TPSA) is 41.5 Å². The molecule has 0 bridgehead atoms. The Kier molecular flexibility index (Phi) is 7.68. The van der Waals surface area contributed by atoms with Crippen molar-refractivity contribution in [3.63, 3.8) is 0 Å². The van der Waals surface area contributed by atoms with Crippen LogP contribution in [-0.4, -0.2) is 35.8 Å². The van der Waals surface area contributed by atoms with E-state index in [4.69, 9.17) is 4.74 Å². The molecule has 0 saturated carbocycles. The Hall–Kier alpha value is -0.950. The van der Waals surface area contributed by atoms with E-state index in [1.807, 2.05) is 47.4 Å². The predicted octanol–water partition coefficient (Wildman–Crippen LogP) is 3.46. The molecule has 1 fully saturated rings. The third kappa shape index (κ3) is 4.57. The molecule has 3 nitrogen and oxygen atoms in total. The van der Waals surface area contributed by atoms with Crippen molar-refractivity contribution in [3.05, 3.63) is 71.3 Å². The van der Waals surface area contributed by atoms with Crippen molar-refractivity contribution in [1.82, 2.24) is 5.32 Å². The quantitative estimate of drug-likeness (QED) is 0.567. The predicted molar refractivity (Wildman–Crippen MR) is 108 cm³/mol. The first-order valence-electron chi connectivity index (χ1n) is 8.23. The molecule has 1 saturated heterocycles. The van der Waals surface area contributed by atoms with Gasteiger partial charge in [0.2, 0.25) is 0 Å². The van der Waals surface area contributed by atoms with E-state index in [9.17, 15) is 5.11 Å². The number of morpholine rings is 1. The normalized spacial score (nSPS) is 19.8. The summed E-state index contributed by atoms with van der Waals surface area (Å²) in [6, 6.07) is 18.1. The maximum Gasteiger partial charge on any atom is 0.121 e. The zero-order valence-corrected chi connectivity index (χ0v) is 16.5. The maximum atomic E-state index is 11.5. The fourth-order valence-corrected chi connectivity index (χ4v) is 3.10. The smallest absolute Gasteiger partial charge is 0.121 e. The van der Waals surface area contributed by atoms with Crippen LogP contribution in [-0.2, 0) is 16.8 Å². The molecule has 0 spiro atoms. The number of aryl methyl sites for hydroxylation is 1. The van der Waals surface area contributed by atoms with Gasteiger partial charge in [0, 0.05) is 19.5 Å². The minimum atomic E-state index is -1.03. The summed E-state index contributed by atoms with van der Waals surface area (Å²) in [6.45, 7) is 4.22. The number of hydrogen-bond acceptors (Lipinski definition) is 3. The zero-order valence-electron chi connectivity index (χ0n) is 14.3. The summed E-state index contributed by atoms with van der Waals surface area (Å²) in [4.78, 5) is 1.97. The molecule has 2 aromatic carbocycles. The first-order chi connectivity index (χ1) is 11.7. The fourth-order valence-electron chi connectivity index (χ4n) is 3.10. The SMILES string of the molecule is CI.Cc1ccccc1C[C@@](O)(c1ccccc1)[C@H]1CNCCO1. The number of alkyl halides is 1. The van der Waals surface area contributed by atoms with Crippen molar-refractivity contribution < 1.29 is 9.84 Å². The average Bonchev–Trinajstić information content (AvgIpc) is 2.66. The van der Waals surface area contributed by atoms with Gasteiger partial charge >= 0.3 is 0 Å². The van der Waals surface area contributed by atoms with E-state index in [0.717, 1.165) is 17.7 Å². The fraction of sp³-hybridized carbons (Fsp3) is 0.400. The van der Waals surface area contributed by atoms with Crippen LogP contribution in [0.25, 0.3) is 0 Å². The summed E-state index contributed by atoms with van der Waals surface area (Å²) in [5.41, 5.74) is 2.23.